The molecule has 0 aromatic rings. The molecule has 0 bridgehead atoms. The largest absolute Gasteiger partial charge is 0.317 e. The fraction of sp³-hybridized carbons (Fsp3) is 1.00. The Labute approximate surface area is 110 Å². The fourth-order valence-electron chi connectivity index (χ4n) is 3.48. The van der Waals surface area contributed by atoms with Gasteiger partial charge in [0.05, 0.1) is 0 Å². The molecule has 0 amide bonds. The molecule has 2 unspecified atom stereocenters. The van der Waals surface area contributed by atoms with Crippen molar-refractivity contribution in [3.63, 3.8) is 0 Å². The number of piperidine rings is 1. The molecule has 2 aliphatic heterocycles. The third-order valence-electron chi connectivity index (χ3n) is 4.71. The molecule has 3 rings (SSSR count). The van der Waals surface area contributed by atoms with Gasteiger partial charge in [0.1, 0.15) is 0 Å². The minimum Gasteiger partial charge on any atom is -0.317 e. The second kappa shape index (κ2) is 5.50. The Kier molecular flexibility index (Phi) is 3.98. The van der Waals surface area contributed by atoms with Gasteiger partial charge in [-0.1, -0.05) is 6.92 Å². The molecule has 2 nitrogen and oxygen atoms in total. The maximum atomic E-state index is 3.49. The first-order valence-corrected chi connectivity index (χ1v) is 8.47. The predicted molar refractivity (Wildman–Crippen MR) is 75.6 cm³/mol. The molecule has 0 aromatic heterocycles. The van der Waals surface area contributed by atoms with Gasteiger partial charge in [-0.05, 0) is 56.9 Å². The fourth-order valence-corrected chi connectivity index (χ4v) is 4.74. The second-order valence-corrected chi connectivity index (χ2v) is 7.54. The normalized spacial score (nSPS) is 35.6. The van der Waals surface area contributed by atoms with Crippen molar-refractivity contribution in [2.45, 2.75) is 56.4 Å². The molecule has 17 heavy (non-hydrogen) atoms. The zero-order valence-electron chi connectivity index (χ0n) is 11.0. The van der Waals surface area contributed by atoms with Crippen LogP contribution >= 0.6 is 11.8 Å². The highest BCUT2D eigenvalue weighted by Gasteiger charge is 2.39. The Bertz CT molecular complexity index is 249. The molecule has 3 fully saturated rings. The number of nitrogens with zero attached hydrogens (tertiary/aromatic N) is 1. The van der Waals surface area contributed by atoms with Gasteiger partial charge in [-0.25, -0.2) is 0 Å². The Hall–Kier alpha value is 0.270. The van der Waals surface area contributed by atoms with Gasteiger partial charge in [-0.3, -0.25) is 4.90 Å². The van der Waals surface area contributed by atoms with Gasteiger partial charge in [0.25, 0.3) is 0 Å². The molecule has 1 aliphatic carbocycles. The van der Waals surface area contributed by atoms with E-state index in [1.165, 1.54) is 57.5 Å². The molecule has 1 saturated carbocycles. The summed E-state index contributed by atoms with van der Waals surface area (Å²) in [6, 6.07) is 1.85. The van der Waals surface area contributed by atoms with E-state index in [1.807, 2.05) is 0 Å². The molecular formula is C14H26N2S. The second-order valence-electron chi connectivity index (χ2n) is 6.05. The van der Waals surface area contributed by atoms with Gasteiger partial charge in [-0.15, -0.1) is 0 Å². The highest BCUT2D eigenvalue weighted by Crippen LogP contribution is 2.38. The van der Waals surface area contributed by atoms with Gasteiger partial charge in [0.2, 0.25) is 0 Å². The number of rotatable bonds is 4. The van der Waals surface area contributed by atoms with Crippen molar-refractivity contribution >= 4 is 11.8 Å². The lowest BCUT2D eigenvalue weighted by molar-refractivity contribution is 0.143. The minimum atomic E-state index is 0.873. The number of hydrogen-bond acceptors (Lipinski definition) is 3. The van der Waals surface area contributed by atoms with Crippen LogP contribution in [0.25, 0.3) is 0 Å². The SMILES string of the molecule is CC1SCCC1N(CC1CCNCC1)C1CC1. The molecule has 2 heterocycles. The lowest BCUT2D eigenvalue weighted by atomic mass is 9.96. The molecular weight excluding hydrogens is 228 g/mol. The summed E-state index contributed by atoms with van der Waals surface area (Å²) in [6.45, 7) is 6.33. The van der Waals surface area contributed by atoms with Crippen LogP contribution in [0.2, 0.25) is 0 Å². The molecule has 3 heteroatoms. The van der Waals surface area contributed by atoms with E-state index in [-0.39, 0.29) is 0 Å². The van der Waals surface area contributed by atoms with Crippen molar-refractivity contribution in [3.05, 3.63) is 0 Å². The van der Waals surface area contributed by atoms with Gasteiger partial charge >= 0.3 is 0 Å². The summed E-state index contributed by atoms with van der Waals surface area (Å²) in [7, 11) is 0. The van der Waals surface area contributed by atoms with Crippen LogP contribution in [-0.4, -0.2) is 47.6 Å². The first-order chi connectivity index (χ1) is 8.34. The standard InChI is InChI=1S/C14H26N2S/c1-11-14(6-9-17-11)16(13-2-3-13)10-12-4-7-15-8-5-12/h11-15H,2-10H2,1H3. The third kappa shape index (κ3) is 2.99. The van der Waals surface area contributed by atoms with E-state index in [2.05, 4.69) is 28.9 Å². The molecule has 0 aromatic carbocycles. The van der Waals surface area contributed by atoms with Crippen LogP contribution in [-0.2, 0) is 0 Å². The van der Waals surface area contributed by atoms with Crippen molar-refractivity contribution in [1.82, 2.24) is 10.2 Å². The van der Waals surface area contributed by atoms with Crippen molar-refractivity contribution in [2.24, 2.45) is 5.92 Å². The number of thioether (sulfide) groups is 1. The summed E-state index contributed by atoms with van der Waals surface area (Å²) < 4.78 is 0. The Morgan fingerprint density at radius 2 is 1.88 bits per heavy atom. The van der Waals surface area contributed by atoms with Gasteiger partial charge in [0, 0.05) is 23.9 Å². The van der Waals surface area contributed by atoms with E-state index in [0.717, 1.165) is 23.3 Å². The first-order valence-electron chi connectivity index (χ1n) is 7.42. The van der Waals surface area contributed by atoms with E-state index in [9.17, 15) is 0 Å². The molecule has 98 valence electrons. The zero-order chi connectivity index (χ0) is 11.7. The predicted octanol–water partition coefficient (Wildman–Crippen LogP) is 2.34. The maximum Gasteiger partial charge on any atom is 0.0222 e. The van der Waals surface area contributed by atoms with Gasteiger partial charge < -0.3 is 5.32 Å². The molecule has 0 radical (unpaired) electrons. The van der Waals surface area contributed by atoms with E-state index < -0.39 is 0 Å². The minimum absolute atomic E-state index is 0.873. The topological polar surface area (TPSA) is 15.3 Å². The lowest BCUT2D eigenvalue weighted by Gasteiger charge is -2.35. The zero-order valence-corrected chi connectivity index (χ0v) is 11.8. The summed E-state index contributed by atoms with van der Waals surface area (Å²) in [4.78, 5) is 2.90. The molecule has 3 aliphatic rings. The summed E-state index contributed by atoms with van der Waals surface area (Å²) in [6.07, 6.45) is 7.18. The highest BCUT2D eigenvalue weighted by atomic mass is 32.2. The molecule has 0 spiro atoms. The molecule has 2 atom stereocenters. The van der Waals surface area contributed by atoms with Gasteiger partial charge in [-0.2, -0.15) is 11.8 Å². The van der Waals surface area contributed by atoms with Crippen LogP contribution in [0.4, 0.5) is 0 Å². The van der Waals surface area contributed by atoms with Crippen molar-refractivity contribution in [1.29, 1.82) is 0 Å². The quantitative estimate of drug-likeness (QED) is 0.829. The van der Waals surface area contributed by atoms with E-state index in [4.69, 9.17) is 0 Å². The summed E-state index contributed by atoms with van der Waals surface area (Å²) in [5, 5.41) is 4.36. The van der Waals surface area contributed by atoms with Crippen molar-refractivity contribution in [3.8, 4) is 0 Å². The average molecular weight is 254 g/mol. The Morgan fingerprint density at radius 1 is 1.12 bits per heavy atom. The summed E-state index contributed by atoms with van der Waals surface area (Å²) in [5.74, 6) is 2.36. The monoisotopic (exact) mass is 254 g/mol. The van der Waals surface area contributed by atoms with Crippen LogP contribution in [0.1, 0.15) is 39.0 Å². The van der Waals surface area contributed by atoms with Crippen LogP contribution in [0.15, 0.2) is 0 Å². The van der Waals surface area contributed by atoms with Crippen molar-refractivity contribution < 1.29 is 0 Å². The first kappa shape index (κ1) is 12.3. The lowest BCUT2D eigenvalue weighted by Crippen LogP contribution is -2.45. The van der Waals surface area contributed by atoms with E-state index >= 15 is 0 Å². The van der Waals surface area contributed by atoms with E-state index in [1.54, 1.807) is 0 Å². The van der Waals surface area contributed by atoms with Crippen LogP contribution in [0.3, 0.4) is 0 Å². The average Bonchev–Trinajstić information content (AvgIpc) is 3.11. The Balaban J connectivity index is 1.59. The highest BCUT2D eigenvalue weighted by molar-refractivity contribution is 8.00. The summed E-state index contributed by atoms with van der Waals surface area (Å²) in [5.41, 5.74) is 0. The summed E-state index contributed by atoms with van der Waals surface area (Å²) >= 11 is 2.19. The maximum absolute atomic E-state index is 3.49. The van der Waals surface area contributed by atoms with Crippen LogP contribution < -0.4 is 5.32 Å². The number of nitrogens with one attached hydrogen (secondary N) is 1. The van der Waals surface area contributed by atoms with Crippen LogP contribution in [0.5, 0.6) is 0 Å². The van der Waals surface area contributed by atoms with E-state index in [0.29, 0.717) is 0 Å². The van der Waals surface area contributed by atoms with Crippen molar-refractivity contribution in [2.75, 3.05) is 25.4 Å². The Morgan fingerprint density at radius 3 is 2.47 bits per heavy atom. The molecule has 2 saturated heterocycles. The smallest absolute Gasteiger partial charge is 0.0222 e. The number of hydrogen-bond donors (Lipinski definition) is 1. The molecule has 1 N–H and O–H groups in total. The van der Waals surface area contributed by atoms with Crippen LogP contribution in [0, 0.1) is 5.92 Å². The van der Waals surface area contributed by atoms with Gasteiger partial charge in [0.15, 0.2) is 0 Å². The third-order valence-corrected chi connectivity index (χ3v) is 6.02.